The molecular weight excluding hydrogens is 408 g/mol. The van der Waals surface area contributed by atoms with E-state index in [1.54, 1.807) is 24.3 Å². The van der Waals surface area contributed by atoms with Gasteiger partial charge in [-0.3, -0.25) is 0 Å². The van der Waals surface area contributed by atoms with E-state index in [9.17, 15) is 14.7 Å². The first-order chi connectivity index (χ1) is 15.5. The minimum Gasteiger partial charge on any atom is -0.479 e. The summed E-state index contributed by atoms with van der Waals surface area (Å²) < 4.78 is 10.8. The van der Waals surface area contributed by atoms with Crippen molar-refractivity contribution >= 4 is 11.9 Å². The van der Waals surface area contributed by atoms with Crippen molar-refractivity contribution in [1.82, 2.24) is 0 Å². The van der Waals surface area contributed by atoms with E-state index in [2.05, 4.69) is 6.92 Å². The van der Waals surface area contributed by atoms with E-state index >= 15 is 0 Å². The van der Waals surface area contributed by atoms with Gasteiger partial charge in [0.05, 0.1) is 0 Å². The summed E-state index contributed by atoms with van der Waals surface area (Å²) in [7, 11) is 0. The van der Waals surface area contributed by atoms with Gasteiger partial charge in [0.2, 0.25) is 0 Å². The second kappa shape index (κ2) is 18.3. The van der Waals surface area contributed by atoms with Gasteiger partial charge in [0, 0.05) is 0 Å². The van der Waals surface area contributed by atoms with Crippen molar-refractivity contribution < 1.29 is 29.3 Å². The molecule has 1 rings (SSSR count). The number of rotatable bonds is 21. The Morgan fingerprint density at radius 1 is 0.750 bits per heavy atom. The average Bonchev–Trinajstić information content (AvgIpc) is 2.77. The van der Waals surface area contributed by atoms with Gasteiger partial charge in [-0.15, -0.1) is 0 Å². The topological polar surface area (TPSA) is 93.1 Å². The van der Waals surface area contributed by atoms with Crippen molar-refractivity contribution in [2.45, 2.75) is 109 Å². The molecule has 0 saturated heterocycles. The van der Waals surface area contributed by atoms with Crippen molar-refractivity contribution in [3.05, 3.63) is 24.3 Å². The Labute approximate surface area is 193 Å². The van der Waals surface area contributed by atoms with Gasteiger partial charge in [0.15, 0.2) is 24.2 Å². The highest BCUT2D eigenvalue weighted by Crippen LogP contribution is 2.28. The van der Waals surface area contributed by atoms with Crippen LogP contribution in [0.5, 0.6) is 11.5 Å². The summed E-state index contributed by atoms with van der Waals surface area (Å²) in [6.45, 7) is 1.75. The molecule has 32 heavy (non-hydrogen) atoms. The van der Waals surface area contributed by atoms with Gasteiger partial charge in [0.1, 0.15) is 0 Å². The Kier molecular flexibility index (Phi) is 15.9. The predicted molar refractivity (Wildman–Crippen MR) is 127 cm³/mol. The smallest absolute Gasteiger partial charge is 0.344 e. The van der Waals surface area contributed by atoms with E-state index in [0.29, 0.717) is 6.42 Å². The fraction of sp³-hybridized carbons (Fsp3) is 0.692. The van der Waals surface area contributed by atoms with Gasteiger partial charge in [0.25, 0.3) is 0 Å². The van der Waals surface area contributed by atoms with Gasteiger partial charge in [-0.25, -0.2) is 9.59 Å². The number of hydrogen-bond acceptors (Lipinski definition) is 4. The highest BCUT2D eigenvalue weighted by molar-refractivity contribution is 5.73. The maximum absolute atomic E-state index is 11.6. The monoisotopic (exact) mass is 450 g/mol. The first-order valence-electron chi connectivity index (χ1n) is 12.4. The molecule has 6 nitrogen and oxygen atoms in total. The van der Waals surface area contributed by atoms with Crippen LogP contribution < -0.4 is 9.47 Å². The molecule has 1 atom stereocenters. The average molecular weight is 451 g/mol. The van der Waals surface area contributed by atoms with Gasteiger partial charge in [-0.05, 0) is 25.0 Å². The van der Waals surface area contributed by atoms with Crippen molar-refractivity contribution in [3.63, 3.8) is 0 Å². The van der Waals surface area contributed by atoms with Crippen LogP contribution in [0.2, 0.25) is 0 Å². The van der Waals surface area contributed by atoms with E-state index in [1.807, 2.05) is 0 Å². The molecule has 0 fully saturated rings. The zero-order valence-electron chi connectivity index (χ0n) is 19.7. The first kappa shape index (κ1) is 27.8. The van der Waals surface area contributed by atoms with E-state index in [4.69, 9.17) is 14.6 Å². The third-order valence-corrected chi connectivity index (χ3v) is 5.56. The molecule has 0 aliphatic carbocycles. The van der Waals surface area contributed by atoms with Gasteiger partial charge in [-0.2, -0.15) is 0 Å². The Morgan fingerprint density at radius 3 is 1.69 bits per heavy atom. The van der Waals surface area contributed by atoms with Crippen LogP contribution in [0.4, 0.5) is 0 Å². The van der Waals surface area contributed by atoms with Crippen LogP contribution in [0.3, 0.4) is 0 Å². The van der Waals surface area contributed by atoms with Crippen LogP contribution in [0, 0.1) is 0 Å². The maximum Gasteiger partial charge on any atom is 0.344 e. The Morgan fingerprint density at radius 2 is 1.22 bits per heavy atom. The molecule has 182 valence electrons. The second-order valence-corrected chi connectivity index (χ2v) is 8.46. The molecule has 0 saturated carbocycles. The summed E-state index contributed by atoms with van der Waals surface area (Å²) in [6.07, 6.45) is 16.9. The number of hydrogen-bond donors (Lipinski definition) is 2. The minimum atomic E-state index is -1.10. The van der Waals surface area contributed by atoms with Crippen LogP contribution >= 0.6 is 0 Å². The summed E-state index contributed by atoms with van der Waals surface area (Å²) in [5.41, 5.74) is 0. The van der Waals surface area contributed by atoms with E-state index < -0.39 is 24.6 Å². The molecule has 1 aromatic rings. The lowest BCUT2D eigenvalue weighted by molar-refractivity contribution is -0.145. The molecular formula is C26H42O6. The van der Waals surface area contributed by atoms with Crippen molar-refractivity contribution in [2.75, 3.05) is 6.61 Å². The fourth-order valence-electron chi connectivity index (χ4n) is 3.72. The summed E-state index contributed by atoms with van der Waals surface area (Å²) in [6, 6.07) is 6.56. The van der Waals surface area contributed by atoms with E-state index in [1.165, 1.54) is 70.6 Å². The van der Waals surface area contributed by atoms with Crippen molar-refractivity contribution in [1.29, 1.82) is 0 Å². The highest BCUT2D eigenvalue weighted by atomic mass is 16.5. The quantitative estimate of drug-likeness (QED) is 0.199. The summed E-state index contributed by atoms with van der Waals surface area (Å²) in [5, 5.41) is 18.3. The van der Waals surface area contributed by atoms with Crippen LogP contribution in [0.25, 0.3) is 0 Å². The summed E-state index contributed by atoms with van der Waals surface area (Å²) in [4.78, 5) is 22.3. The Balaban J connectivity index is 2.15. The first-order valence-corrected chi connectivity index (χ1v) is 12.4. The number of carboxylic acids is 2. The number of ether oxygens (including phenoxy) is 2. The standard InChI is InChI=1S/C26H42O6/c1-2-3-4-5-6-7-8-9-10-11-12-13-14-15-20-24(26(29)30)32-23-19-17-16-18-22(23)31-21-25(27)28/h16-19,24H,2-15,20-21H2,1H3,(H,27,28)(H,29,30). The lowest BCUT2D eigenvalue weighted by atomic mass is 10.0. The molecule has 0 aliphatic heterocycles. The molecule has 2 N–H and O–H groups in total. The number of aliphatic carboxylic acids is 2. The molecule has 0 aromatic heterocycles. The SMILES string of the molecule is CCCCCCCCCCCCCCCCC(Oc1ccccc1OCC(=O)O)C(=O)O. The summed E-state index contributed by atoms with van der Waals surface area (Å²) in [5.74, 6) is -1.63. The minimum absolute atomic E-state index is 0.238. The van der Waals surface area contributed by atoms with Gasteiger partial charge >= 0.3 is 11.9 Å². The highest BCUT2D eigenvalue weighted by Gasteiger charge is 2.21. The molecule has 0 aliphatic rings. The maximum atomic E-state index is 11.6. The lowest BCUT2D eigenvalue weighted by Gasteiger charge is -2.17. The molecule has 0 amide bonds. The second-order valence-electron chi connectivity index (χ2n) is 8.46. The zero-order chi connectivity index (χ0) is 23.4. The number of carboxylic acid groups (broad SMARTS) is 2. The van der Waals surface area contributed by atoms with Gasteiger partial charge in [-0.1, -0.05) is 103 Å². The van der Waals surface area contributed by atoms with Gasteiger partial charge < -0.3 is 19.7 Å². The largest absolute Gasteiger partial charge is 0.479 e. The molecule has 1 aromatic carbocycles. The number of para-hydroxylation sites is 2. The van der Waals surface area contributed by atoms with Crippen LogP contribution in [0.1, 0.15) is 103 Å². The zero-order valence-corrected chi connectivity index (χ0v) is 19.7. The van der Waals surface area contributed by atoms with E-state index in [-0.39, 0.29) is 11.5 Å². The molecule has 0 spiro atoms. The summed E-state index contributed by atoms with van der Waals surface area (Å²) >= 11 is 0. The third-order valence-electron chi connectivity index (χ3n) is 5.56. The van der Waals surface area contributed by atoms with E-state index in [0.717, 1.165) is 19.3 Å². The number of benzene rings is 1. The molecule has 0 heterocycles. The normalized spacial score (nSPS) is 11.8. The lowest BCUT2D eigenvalue weighted by Crippen LogP contribution is -2.27. The number of carbonyl (C=O) groups is 2. The van der Waals surface area contributed by atoms with Crippen molar-refractivity contribution in [2.24, 2.45) is 0 Å². The van der Waals surface area contributed by atoms with Crippen LogP contribution in [-0.2, 0) is 9.59 Å². The molecule has 6 heteroatoms. The van der Waals surface area contributed by atoms with Crippen molar-refractivity contribution in [3.8, 4) is 11.5 Å². The van der Waals surface area contributed by atoms with Crippen LogP contribution in [-0.4, -0.2) is 34.9 Å². The third kappa shape index (κ3) is 13.9. The van der Waals surface area contributed by atoms with Crippen LogP contribution in [0.15, 0.2) is 24.3 Å². The predicted octanol–water partition coefficient (Wildman–Crippen LogP) is 6.85. The Hall–Kier alpha value is -2.24. The molecule has 1 unspecified atom stereocenters. The molecule has 0 radical (unpaired) electrons. The molecule has 0 bridgehead atoms. The number of unbranched alkanes of at least 4 members (excludes halogenated alkanes) is 13. The Bertz CT molecular complexity index is 630. The fourth-order valence-corrected chi connectivity index (χ4v) is 3.72.